The molecule has 2 fully saturated rings. The van der Waals surface area contributed by atoms with Gasteiger partial charge >= 0.3 is 21.3 Å². The van der Waals surface area contributed by atoms with Crippen molar-refractivity contribution in [3.05, 3.63) is 43.5 Å². The number of aliphatic hydroxyl groups excluding tert-OH is 5. The zero-order chi connectivity index (χ0) is 28.4. The quantitative estimate of drug-likeness (QED) is 0.0567. The highest BCUT2D eigenvalue weighted by Gasteiger charge is 2.49. The fraction of sp³-hybridized carbons (Fsp3) is 0.733. The van der Waals surface area contributed by atoms with E-state index in [1.165, 1.54) is 0 Å². The Kier molecular flexibility index (Phi) is 9.64. The van der Waals surface area contributed by atoms with Gasteiger partial charge in [0.25, 0.3) is 5.56 Å². The van der Waals surface area contributed by atoms with Crippen molar-refractivity contribution in [2.75, 3.05) is 13.2 Å². The van der Waals surface area contributed by atoms with Gasteiger partial charge in [-0.15, -0.1) is 0 Å². The molecule has 0 spiro atoms. The van der Waals surface area contributed by atoms with Crippen LogP contribution in [0.5, 0.6) is 0 Å². The van der Waals surface area contributed by atoms with Gasteiger partial charge in [-0.1, -0.05) is 5.11 Å². The number of phosphoric acid groups is 2. The van der Waals surface area contributed by atoms with Crippen molar-refractivity contribution in [2.24, 2.45) is 5.11 Å². The van der Waals surface area contributed by atoms with Crippen molar-refractivity contribution in [1.82, 2.24) is 9.55 Å². The molecular formula is C15H23N5O16P2. The van der Waals surface area contributed by atoms with Gasteiger partial charge in [-0.2, -0.15) is 4.31 Å². The van der Waals surface area contributed by atoms with E-state index in [1.807, 2.05) is 4.98 Å². The zero-order valence-electron chi connectivity index (χ0n) is 18.8. The normalized spacial score (nSPS) is 36.7. The topological polar surface area (TPSA) is 326 Å². The lowest BCUT2D eigenvalue weighted by atomic mass is 9.99. The van der Waals surface area contributed by atoms with Crippen LogP contribution >= 0.6 is 15.6 Å². The molecule has 1 aromatic rings. The maximum absolute atomic E-state index is 12.3. The van der Waals surface area contributed by atoms with Gasteiger partial charge in [0.2, 0.25) is 0 Å². The van der Waals surface area contributed by atoms with Crippen LogP contribution in [-0.4, -0.2) is 107 Å². The van der Waals surface area contributed by atoms with E-state index in [1.54, 1.807) is 0 Å². The number of nitrogens with zero attached hydrogens (tertiary/aromatic N) is 4. The molecule has 0 aromatic carbocycles. The monoisotopic (exact) mass is 591 g/mol. The number of hydrogen-bond donors (Lipinski definition) is 8. The predicted octanol–water partition coefficient (Wildman–Crippen LogP) is -3.48. The molecule has 0 amide bonds. The molecular weight excluding hydrogens is 568 g/mol. The van der Waals surface area contributed by atoms with Gasteiger partial charge < -0.3 is 44.8 Å². The van der Waals surface area contributed by atoms with Gasteiger partial charge in [0, 0.05) is 17.2 Å². The summed E-state index contributed by atoms with van der Waals surface area (Å²) in [5.74, 6) is 0. The van der Waals surface area contributed by atoms with E-state index in [9.17, 15) is 54.0 Å². The van der Waals surface area contributed by atoms with Crippen LogP contribution in [0.3, 0.4) is 0 Å². The van der Waals surface area contributed by atoms with E-state index in [0.29, 0.717) is 0 Å². The molecule has 38 heavy (non-hydrogen) atoms. The molecule has 2 aliphatic rings. The van der Waals surface area contributed by atoms with E-state index in [2.05, 4.69) is 23.4 Å². The second-order valence-electron chi connectivity index (χ2n) is 7.91. The fourth-order valence-corrected chi connectivity index (χ4v) is 5.63. The zero-order valence-corrected chi connectivity index (χ0v) is 20.5. The number of aromatic amines is 1. The Balaban J connectivity index is 1.62. The van der Waals surface area contributed by atoms with E-state index in [4.69, 9.17) is 15.0 Å². The van der Waals surface area contributed by atoms with Crippen molar-refractivity contribution < 1.29 is 67.3 Å². The summed E-state index contributed by atoms with van der Waals surface area (Å²) in [6.45, 7) is -1.64. The number of phosphoric ester groups is 2. The van der Waals surface area contributed by atoms with E-state index < -0.39 is 95.3 Å². The van der Waals surface area contributed by atoms with Crippen LogP contribution in [-0.2, 0) is 32.0 Å². The summed E-state index contributed by atoms with van der Waals surface area (Å²) in [4.78, 5) is 47.1. The third-order valence-corrected chi connectivity index (χ3v) is 7.90. The molecule has 0 bridgehead atoms. The summed E-state index contributed by atoms with van der Waals surface area (Å²) < 4.78 is 48.5. The summed E-state index contributed by atoms with van der Waals surface area (Å²) >= 11 is 0. The third-order valence-electron chi connectivity index (χ3n) is 5.30. The van der Waals surface area contributed by atoms with Crippen molar-refractivity contribution in [3.8, 4) is 0 Å². The van der Waals surface area contributed by atoms with Crippen LogP contribution in [0, 0.1) is 0 Å². The molecule has 214 valence electrons. The van der Waals surface area contributed by atoms with Gasteiger partial charge in [0.15, 0.2) is 12.5 Å². The Bertz CT molecular complexity index is 1250. The Morgan fingerprint density at radius 3 is 2.29 bits per heavy atom. The van der Waals surface area contributed by atoms with E-state index in [0.717, 1.165) is 16.8 Å². The molecule has 0 aliphatic carbocycles. The highest BCUT2D eigenvalue weighted by Crippen LogP contribution is 2.61. The van der Waals surface area contributed by atoms with Crippen molar-refractivity contribution in [2.45, 2.75) is 55.2 Å². The first-order valence-corrected chi connectivity index (χ1v) is 13.4. The molecule has 3 heterocycles. The summed E-state index contributed by atoms with van der Waals surface area (Å²) in [6.07, 6.45) is -15.5. The lowest BCUT2D eigenvalue weighted by Crippen LogP contribution is -2.58. The molecule has 8 unspecified atom stereocenters. The predicted molar refractivity (Wildman–Crippen MR) is 116 cm³/mol. The third kappa shape index (κ3) is 7.13. The maximum Gasteiger partial charge on any atom is 0.483 e. The molecule has 1 aromatic heterocycles. The van der Waals surface area contributed by atoms with Gasteiger partial charge in [-0.05, 0) is 5.53 Å². The SMILES string of the molecule is [N-]=[N+]=NCC1OC(OP(=O)(O)OP(=O)(O)OC[C@H]2O[C@@H](n3ccc(=O)[nH]c3=O)C(O)C2O)[C@H](O)C(O)C1O. The van der Waals surface area contributed by atoms with Crippen LogP contribution in [0.1, 0.15) is 6.23 Å². The summed E-state index contributed by atoms with van der Waals surface area (Å²) in [5.41, 5.74) is 6.61. The number of ether oxygens (including phenoxy) is 2. The minimum absolute atomic E-state index is 0.596. The smallest absolute Gasteiger partial charge is 0.388 e. The van der Waals surface area contributed by atoms with Gasteiger partial charge in [-0.3, -0.25) is 23.4 Å². The molecule has 3 rings (SSSR count). The molecule has 0 saturated carbocycles. The lowest BCUT2D eigenvalue weighted by Gasteiger charge is -2.39. The molecule has 2 aliphatic heterocycles. The first-order chi connectivity index (χ1) is 17.7. The van der Waals surface area contributed by atoms with Crippen LogP contribution in [0.15, 0.2) is 27.0 Å². The van der Waals surface area contributed by atoms with Crippen LogP contribution in [0.25, 0.3) is 10.4 Å². The highest BCUT2D eigenvalue weighted by molar-refractivity contribution is 7.61. The average Bonchev–Trinajstić information content (AvgIpc) is 3.10. The van der Waals surface area contributed by atoms with E-state index in [-0.39, 0.29) is 0 Å². The number of azide groups is 1. The van der Waals surface area contributed by atoms with Crippen LogP contribution < -0.4 is 11.2 Å². The number of aliphatic hydroxyl groups is 5. The first kappa shape index (κ1) is 30.5. The van der Waals surface area contributed by atoms with Crippen LogP contribution in [0.4, 0.5) is 0 Å². The lowest BCUT2D eigenvalue weighted by molar-refractivity contribution is -0.272. The minimum Gasteiger partial charge on any atom is -0.388 e. The van der Waals surface area contributed by atoms with Crippen molar-refractivity contribution in [1.29, 1.82) is 0 Å². The Morgan fingerprint density at radius 2 is 1.66 bits per heavy atom. The number of H-pyrrole nitrogens is 1. The second-order valence-corrected chi connectivity index (χ2v) is 10.9. The van der Waals surface area contributed by atoms with Crippen molar-refractivity contribution >= 4 is 15.6 Å². The van der Waals surface area contributed by atoms with Gasteiger partial charge in [0.05, 0.1) is 19.3 Å². The molecule has 23 heteroatoms. The number of hydrogen-bond acceptors (Lipinski definition) is 15. The number of rotatable bonds is 10. The largest absolute Gasteiger partial charge is 0.483 e. The maximum atomic E-state index is 12.3. The summed E-state index contributed by atoms with van der Waals surface area (Å²) in [7, 11) is -11.1. The Hall–Kier alpha value is -2.03. The average molecular weight is 591 g/mol. The molecule has 0 radical (unpaired) electrons. The first-order valence-electron chi connectivity index (χ1n) is 10.4. The number of aromatic nitrogens is 2. The minimum atomic E-state index is -5.63. The summed E-state index contributed by atoms with van der Waals surface area (Å²) in [5, 5.41) is 53.1. The Labute approximate surface area is 210 Å². The number of nitrogens with one attached hydrogen (secondary N) is 1. The Morgan fingerprint density at radius 1 is 1.00 bits per heavy atom. The van der Waals surface area contributed by atoms with Crippen molar-refractivity contribution in [3.63, 3.8) is 0 Å². The van der Waals surface area contributed by atoms with Crippen LogP contribution in [0.2, 0.25) is 0 Å². The fourth-order valence-electron chi connectivity index (χ4n) is 3.47. The van der Waals surface area contributed by atoms with Gasteiger partial charge in [0.1, 0.15) is 36.6 Å². The molecule has 11 atom stereocenters. The molecule has 21 nitrogen and oxygen atoms in total. The highest BCUT2D eigenvalue weighted by atomic mass is 31.3. The molecule has 8 N–H and O–H groups in total. The summed E-state index contributed by atoms with van der Waals surface area (Å²) in [6, 6.07) is 0.924. The van der Waals surface area contributed by atoms with Gasteiger partial charge in [-0.25, -0.2) is 13.9 Å². The second kappa shape index (κ2) is 12.0. The standard InChI is InChI=1S/C15H23N5O16P2/c16-19-17-3-5-8(22)10(24)12(26)14(34-5)35-38(30,31)36-37(28,29)32-4-6-9(23)11(25)13(33-6)20-2-1-7(21)18-15(20)27/h1-2,5-6,8-14,22-26H,3-4H2,(H,28,29)(H,30,31)(H,18,21,27)/t5?,6-,8?,9?,10?,11?,12-,13-,14?/m1/s1. The van der Waals surface area contributed by atoms with E-state index >= 15 is 0 Å². The molecule has 2 saturated heterocycles.